The van der Waals surface area contributed by atoms with E-state index >= 15 is 4.79 Å². The van der Waals surface area contributed by atoms with Crippen LogP contribution in [0.2, 0.25) is 0 Å². The summed E-state index contributed by atoms with van der Waals surface area (Å²) in [6, 6.07) is 10.9. The van der Waals surface area contributed by atoms with Crippen molar-refractivity contribution in [1.29, 1.82) is 0 Å². The predicted molar refractivity (Wildman–Crippen MR) is 233 cm³/mol. The Hall–Kier alpha value is -4.47. The number of hydrogen-bond donors (Lipinski definition) is 3. The normalized spacial score (nSPS) is 35.9. The first-order chi connectivity index (χ1) is 29.6. The van der Waals surface area contributed by atoms with E-state index in [1.807, 2.05) is 50.1 Å². The molecule has 334 valence electrons. The van der Waals surface area contributed by atoms with Gasteiger partial charge in [-0.05, 0) is 88.3 Å². The molecule has 14 nitrogen and oxygen atoms in total. The molecule has 2 saturated heterocycles. The number of rotatable bonds is 9. The minimum absolute atomic E-state index is 0.0438. The molecular formula is C48H63N5O9. The topological polar surface area (TPSA) is 157 Å². The number of aromatic nitrogens is 1. The van der Waals surface area contributed by atoms with Gasteiger partial charge in [0.1, 0.15) is 11.2 Å². The summed E-state index contributed by atoms with van der Waals surface area (Å²) >= 11 is 0. The molecule has 1 aromatic heterocycles. The van der Waals surface area contributed by atoms with Gasteiger partial charge in [0.15, 0.2) is 6.10 Å². The third kappa shape index (κ3) is 5.75. The number of para-hydroxylation sites is 1. The lowest BCUT2D eigenvalue weighted by molar-refractivity contribution is -0.229. The van der Waals surface area contributed by atoms with E-state index < -0.39 is 57.5 Å². The van der Waals surface area contributed by atoms with Crippen LogP contribution in [0.3, 0.4) is 0 Å². The number of ether oxygens (including phenoxy) is 4. The number of likely N-dealkylation sites (N-methyl/N-ethyl adjacent to an activating group) is 2. The van der Waals surface area contributed by atoms with Crippen molar-refractivity contribution in [3.05, 3.63) is 70.9 Å². The highest BCUT2D eigenvalue weighted by Gasteiger charge is 2.80. The number of carbonyl (C=O) groups is 3. The zero-order chi connectivity index (χ0) is 44.1. The van der Waals surface area contributed by atoms with E-state index in [9.17, 15) is 19.8 Å². The van der Waals surface area contributed by atoms with E-state index in [1.54, 1.807) is 26.1 Å². The highest BCUT2D eigenvalue weighted by atomic mass is 16.6. The predicted octanol–water partition coefficient (Wildman–Crippen LogP) is 3.53. The van der Waals surface area contributed by atoms with Gasteiger partial charge in [0.25, 0.3) is 0 Å². The standard InChI is InChI=1S/C48H63N5O9/c1-9-44(57)24-29-25-47(42(55)60-7,38-31(16-20-52(26-29)28-44)30-14-11-12-15-34(30)49-38)33-22-32-35(23-36(33)59-6)51(5)40-46(32)18-21-53-19-13-17-45(10-2,39(46)53)41(48(40,58)43(56)61-8)62-37(54)27-50(3)4/h11-15,17,22-23,29,39-41,49,57-58H,9-10,16,18-21,24-28H2,1-8H3/t29-,39+,40-,41-,44+,45-,46-,47+,48+/m1/s1. The highest BCUT2D eigenvalue weighted by Crippen LogP contribution is 2.68. The monoisotopic (exact) mass is 853 g/mol. The summed E-state index contributed by atoms with van der Waals surface area (Å²) in [4.78, 5) is 56.0. The Morgan fingerprint density at radius 2 is 1.71 bits per heavy atom. The Morgan fingerprint density at radius 1 is 0.952 bits per heavy atom. The van der Waals surface area contributed by atoms with Gasteiger partial charge in [-0.15, -0.1) is 0 Å². The number of nitrogens with one attached hydrogen (secondary N) is 1. The summed E-state index contributed by atoms with van der Waals surface area (Å²) in [6.45, 7) is 7.26. The highest BCUT2D eigenvalue weighted by molar-refractivity contribution is 5.95. The van der Waals surface area contributed by atoms with Crippen LogP contribution < -0.4 is 9.64 Å². The minimum Gasteiger partial charge on any atom is -0.496 e. The smallest absolute Gasteiger partial charge is 0.344 e. The quantitative estimate of drug-likeness (QED) is 0.164. The Morgan fingerprint density at radius 3 is 2.40 bits per heavy atom. The molecule has 6 aliphatic rings. The van der Waals surface area contributed by atoms with Crippen molar-refractivity contribution >= 4 is 34.5 Å². The van der Waals surface area contributed by atoms with Gasteiger partial charge in [0.2, 0.25) is 5.60 Å². The third-order valence-corrected chi connectivity index (χ3v) is 16.0. The lowest BCUT2D eigenvalue weighted by atomic mass is 9.47. The summed E-state index contributed by atoms with van der Waals surface area (Å²) in [5, 5.41) is 26.6. The van der Waals surface area contributed by atoms with Gasteiger partial charge in [0, 0.05) is 84.0 Å². The molecule has 3 N–H and O–H groups in total. The van der Waals surface area contributed by atoms with Gasteiger partial charge >= 0.3 is 17.9 Å². The molecule has 2 bridgehead atoms. The zero-order valence-electron chi connectivity index (χ0n) is 37.5. The lowest BCUT2D eigenvalue weighted by Gasteiger charge is -2.63. The molecule has 3 fully saturated rings. The molecule has 5 aliphatic heterocycles. The summed E-state index contributed by atoms with van der Waals surface area (Å²) in [6.07, 6.45) is 5.90. The van der Waals surface area contributed by atoms with Gasteiger partial charge in [-0.25, -0.2) is 4.79 Å². The van der Waals surface area contributed by atoms with Crippen molar-refractivity contribution in [2.24, 2.45) is 11.3 Å². The molecule has 14 heteroatoms. The average molecular weight is 854 g/mol. The fraction of sp³-hybridized carbons (Fsp3) is 0.604. The Labute approximate surface area is 364 Å². The maximum Gasteiger partial charge on any atom is 0.344 e. The molecule has 3 aromatic rings. The lowest BCUT2D eigenvalue weighted by Crippen LogP contribution is -2.81. The molecule has 0 radical (unpaired) electrons. The summed E-state index contributed by atoms with van der Waals surface area (Å²) in [5.74, 6) is -1.53. The van der Waals surface area contributed by atoms with Crippen LogP contribution in [0.15, 0.2) is 48.6 Å². The maximum absolute atomic E-state index is 15.4. The largest absolute Gasteiger partial charge is 0.496 e. The van der Waals surface area contributed by atoms with Gasteiger partial charge in [0.05, 0.1) is 39.5 Å². The van der Waals surface area contributed by atoms with Crippen molar-refractivity contribution in [3.8, 4) is 5.75 Å². The van der Waals surface area contributed by atoms with Crippen LogP contribution in [0.5, 0.6) is 5.75 Å². The second-order valence-corrected chi connectivity index (χ2v) is 19.3. The molecular weight excluding hydrogens is 791 g/mol. The van der Waals surface area contributed by atoms with Crippen LogP contribution in [-0.4, -0.2) is 159 Å². The first-order valence-corrected chi connectivity index (χ1v) is 22.3. The first kappa shape index (κ1) is 42.8. The number of carbonyl (C=O) groups excluding carboxylic acids is 3. The molecule has 0 unspecified atom stereocenters. The first-order valence-electron chi connectivity index (χ1n) is 22.3. The van der Waals surface area contributed by atoms with Crippen molar-refractivity contribution in [2.45, 2.75) is 92.6 Å². The van der Waals surface area contributed by atoms with Crippen LogP contribution in [0.1, 0.15) is 68.3 Å². The Kier molecular flexibility index (Phi) is 10.4. The molecule has 0 amide bonds. The van der Waals surface area contributed by atoms with Crippen molar-refractivity contribution in [3.63, 3.8) is 0 Å². The van der Waals surface area contributed by atoms with Crippen LogP contribution in [0.4, 0.5) is 5.69 Å². The summed E-state index contributed by atoms with van der Waals surface area (Å²) in [7, 11) is 9.72. The third-order valence-electron chi connectivity index (χ3n) is 16.0. The Bertz CT molecular complexity index is 2330. The van der Waals surface area contributed by atoms with E-state index in [4.69, 9.17) is 18.9 Å². The molecule has 1 saturated carbocycles. The van der Waals surface area contributed by atoms with Gasteiger partial charge in [-0.1, -0.05) is 44.2 Å². The molecule has 1 spiro atoms. The molecule has 6 heterocycles. The van der Waals surface area contributed by atoms with Gasteiger partial charge in [-0.2, -0.15) is 0 Å². The number of aromatic amines is 1. The van der Waals surface area contributed by atoms with Gasteiger partial charge in [-0.3, -0.25) is 24.3 Å². The van der Waals surface area contributed by atoms with Crippen molar-refractivity contribution in [2.75, 3.05) is 86.6 Å². The molecule has 9 rings (SSSR count). The van der Waals surface area contributed by atoms with Crippen LogP contribution in [0, 0.1) is 11.3 Å². The second-order valence-electron chi connectivity index (χ2n) is 19.3. The second kappa shape index (κ2) is 15.1. The Balaban J connectivity index is 1.34. The van der Waals surface area contributed by atoms with E-state index in [2.05, 4.69) is 39.1 Å². The molecule has 1 aliphatic carbocycles. The van der Waals surface area contributed by atoms with E-state index in [1.165, 1.54) is 14.2 Å². The number of methoxy groups -OCH3 is 3. The average Bonchev–Trinajstić information content (AvgIpc) is 3.92. The number of anilines is 1. The number of fused-ring (bicyclic) bond motifs is 6. The summed E-state index contributed by atoms with van der Waals surface area (Å²) < 4.78 is 24.3. The van der Waals surface area contributed by atoms with Crippen molar-refractivity contribution < 1.29 is 43.5 Å². The molecule has 10 atom stereocenters. The number of H-pyrrole nitrogens is 1. The van der Waals surface area contributed by atoms with Crippen LogP contribution in [0.25, 0.3) is 10.9 Å². The van der Waals surface area contributed by atoms with E-state index in [0.717, 1.165) is 33.4 Å². The van der Waals surface area contributed by atoms with Crippen molar-refractivity contribution in [1.82, 2.24) is 19.7 Å². The van der Waals surface area contributed by atoms with E-state index in [0.29, 0.717) is 82.6 Å². The minimum atomic E-state index is -2.33. The number of aliphatic hydroxyl groups is 2. The number of benzene rings is 2. The number of piperidine rings is 1. The SMILES string of the molecule is CC[C@]1(O)C[C@H]2C[N@](CCc3c([nH]c4ccccc34)[C@@](C(=O)OC)(c3cc4c(cc3OC)N(C)[C@H]3[C@@](O)(C(=O)OC)[C@H](OC(=O)CN(C)C)[C@]5(CC)C=CCN6CC[C@]43[C@@H]65)C2)C1. The summed E-state index contributed by atoms with van der Waals surface area (Å²) in [5.41, 5.74) is -1.74. The molecule has 2 aromatic carbocycles. The maximum atomic E-state index is 15.4. The van der Waals surface area contributed by atoms with Gasteiger partial charge < -0.3 is 39.0 Å². The van der Waals surface area contributed by atoms with E-state index in [-0.39, 0.29) is 18.5 Å². The fourth-order valence-corrected chi connectivity index (χ4v) is 13.8. The molecule has 62 heavy (non-hydrogen) atoms. The van der Waals surface area contributed by atoms with Crippen LogP contribution in [-0.2, 0) is 45.8 Å². The number of nitrogens with zero attached hydrogens (tertiary/aromatic N) is 4. The fourth-order valence-electron chi connectivity index (χ4n) is 13.8. The van der Waals surface area contributed by atoms with Crippen LogP contribution >= 0.6 is 0 Å². The zero-order valence-corrected chi connectivity index (χ0v) is 37.5. The number of esters is 3. The number of hydrogen-bond acceptors (Lipinski definition) is 13.